The number of aromatic nitrogens is 2. The van der Waals surface area contributed by atoms with Crippen LogP contribution in [0.15, 0.2) is 6.07 Å². The first-order valence-corrected chi connectivity index (χ1v) is 7.21. The molecule has 1 heterocycles. The summed E-state index contributed by atoms with van der Waals surface area (Å²) >= 11 is 0. The van der Waals surface area contributed by atoms with Crippen LogP contribution < -0.4 is 10.2 Å². The molecule has 0 aromatic carbocycles. The number of rotatable bonds is 7. The van der Waals surface area contributed by atoms with Crippen LogP contribution in [0.1, 0.15) is 38.4 Å². The van der Waals surface area contributed by atoms with E-state index in [1.165, 1.54) is 19.3 Å². The molecule has 1 aliphatic carbocycles. The Hall–Kier alpha value is -1.36. The van der Waals surface area contributed by atoms with Crippen LogP contribution in [-0.4, -0.2) is 40.8 Å². The molecule has 0 bridgehead atoms. The van der Waals surface area contributed by atoms with Gasteiger partial charge in [0.25, 0.3) is 0 Å². The van der Waals surface area contributed by atoms with Gasteiger partial charge in [-0.05, 0) is 39.5 Å². The van der Waals surface area contributed by atoms with E-state index in [0.29, 0.717) is 6.04 Å². The minimum Gasteiger partial charge on any atom is -0.396 e. The van der Waals surface area contributed by atoms with Crippen molar-refractivity contribution >= 4 is 11.6 Å². The standard InChI is InChI=1S/C14H24N4O/c1-3-15-13-10-14(17-11(2)16-13)18(8-5-9-19)12-6-4-7-12/h10,12,19H,3-9H2,1-2H3,(H,15,16,17). The van der Waals surface area contributed by atoms with Crippen molar-refractivity contribution in [3.8, 4) is 0 Å². The number of hydrogen-bond donors (Lipinski definition) is 2. The van der Waals surface area contributed by atoms with Crippen molar-refractivity contribution in [1.82, 2.24) is 9.97 Å². The Kier molecular flexibility index (Phi) is 4.96. The van der Waals surface area contributed by atoms with Gasteiger partial charge >= 0.3 is 0 Å². The minimum atomic E-state index is 0.230. The predicted molar refractivity (Wildman–Crippen MR) is 77.6 cm³/mol. The molecule has 1 aliphatic rings. The van der Waals surface area contributed by atoms with E-state index in [2.05, 4.69) is 27.1 Å². The zero-order chi connectivity index (χ0) is 13.7. The van der Waals surface area contributed by atoms with Crippen molar-refractivity contribution in [2.75, 3.05) is 29.9 Å². The molecular formula is C14H24N4O. The molecule has 1 saturated carbocycles. The first kappa shape index (κ1) is 14.1. The summed E-state index contributed by atoms with van der Waals surface area (Å²) in [5, 5.41) is 12.3. The number of hydrogen-bond acceptors (Lipinski definition) is 5. The van der Waals surface area contributed by atoms with E-state index in [4.69, 9.17) is 5.11 Å². The van der Waals surface area contributed by atoms with E-state index in [1.807, 2.05) is 13.0 Å². The first-order chi connectivity index (χ1) is 9.24. The number of aryl methyl sites for hydroxylation is 1. The van der Waals surface area contributed by atoms with Crippen molar-refractivity contribution in [2.45, 2.75) is 45.6 Å². The van der Waals surface area contributed by atoms with Crippen LogP contribution in [0.25, 0.3) is 0 Å². The highest BCUT2D eigenvalue weighted by molar-refractivity contribution is 5.50. The fourth-order valence-electron chi connectivity index (χ4n) is 2.39. The van der Waals surface area contributed by atoms with Gasteiger partial charge in [0.2, 0.25) is 0 Å². The van der Waals surface area contributed by atoms with Crippen LogP contribution in [0.4, 0.5) is 11.6 Å². The van der Waals surface area contributed by atoms with Gasteiger partial charge < -0.3 is 15.3 Å². The van der Waals surface area contributed by atoms with E-state index >= 15 is 0 Å². The SMILES string of the molecule is CCNc1cc(N(CCCO)C2CCC2)nc(C)n1. The Morgan fingerprint density at radius 2 is 2.21 bits per heavy atom. The van der Waals surface area contributed by atoms with Crippen LogP contribution in [-0.2, 0) is 0 Å². The highest BCUT2D eigenvalue weighted by Gasteiger charge is 2.26. The second kappa shape index (κ2) is 6.70. The van der Waals surface area contributed by atoms with Crippen LogP contribution in [0.3, 0.4) is 0 Å². The van der Waals surface area contributed by atoms with E-state index in [0.717, 1.165) is 37.0 Å². The summed E-state index contributed by atoms with van der Waals surface area (Å²) in [5.74, 6) is 2.67. The van der Waals surface area contributed by atoms with E-state index in [9.17, 15) is 0 Å². The molecule has 0 aliphatic heterocycles. The minimum absolute atomic E-state index is 0.230. The summed E-state index contributed by atoms with van der Waals surface area (Å²) in [6, 6.07) is 2.60. The van der Waals surface area contributed by atoms with Crippen LogP contribution in [0, 0.1) is 6.92 Å². The number of aliphatic hydroxyl groups excluding tert-OH is 1. The molecule has 2 N–H and O–H groups in total. The zero-order valence-electron chi connectivity index (χ0n) is 11.9. The number of aliphatic hydroxyl groups is 1. The Morgan fingerprint density at radius 3 is 2.79 bits per heavy atom. The molecule has 0 radical (unpaired) electrons. The van der Waals surface area contributed by atoms with Gasteiger partial charge in [0.05, 0.1) is 0 Å². The number of anilines is 2. The molecular weight excluding hydrogens is 240 g/mol. The Labute approximate surface area is 115 Å². The Balaban J connectivity index is 2.18. The quantitative estimate of drug-likeness (QED) is 0.788. The monoisotopic (exact) mass is 264 g/mol. The topological polar surface area (TPSA) is 61.3 Å². The number of nitrogens with zero attached hydrogens (tertiary/aromatic N) is 3. The molecule has 0 spiro atoms. The lowest BCUT2D eigenvalue weighted by Crippen LogP contribution is -2.41. The lowest BCUT2D eigenvalue weighted by Gasteiger charge is -2.38. The molecule has 0 unspecified atom stereocenters. The molecule has 5 heteroatoms. The molecule has 1 aromatic heterocycles. The summed E-state index contributed by atoms with van der Waals surface area (Å²) in [5.41, 5.74) is 0. The smallest absolute Gasteiger partial charge is 0.134 e. The average molecular weight is 264 g/mol. The first-order valence-electron chi connectivity index (χ1n) is 7.21. The molecule has 1 fully saturated rings. The average Bonchev–Trinajstić information content (AvgIpc) is 2.31. The van der Waals surface area contributed by atoms with Crippen LogP contribution >= 0.6 is 0 Å². The van der Waals surface area contributed by atoms with Crippen molar-refractivity contribution < 1.29 is 5.11 Å². The lowest BCUT2D eigenvalue weighted by molar-refractivity contribution is 0.282. The number of nitrogens with one attached hydrogen (secondary N) is 1. The van der Waals surface area contributed by atoms with E-state index < -0.39 is 0 Å². The summed E-state index contributed by atoms with van der Waals surface area (Å²) in [4.78, 5) is 11.3. The van der Waals surface area contributed by atoms with Gasteiger partial charge in [0.1, 0.15) is 17.5 Å². The molecule has 106 valence electrons. The summed E-state index contributed by atoms with van der Waals surface area (Å²) in [6.07, 6.45) is 4.54. The van der Waals surface area contributed by atoms with Gasteiger partial charge in [-0.25, -0.2) is 9.97 Å². The highest BCUT2D eigenvalue weighted by Crippen LogP contribution is 2.29. The maximum atomic E-state index is 9.06. The maximum Gasteiger partial charge on any atom is 0.134 e. The highest BCUT2D eigenvalue weighted by atomic mass is 16.3. The summed E-state index contributed by atoms with van der Waals surface area (Å²) < 4.78 is 0. The van der Waals surface area contributed by atoms with Crippen molar-refractivity contribution in [2.24, 2.45) is 0 Å². The Morgan fingerprint density at radius 1 is 1.42 bits per heavy atom. The molecule has 2 rings (SSSR count). The van der Waals surface area contributed by atoms with Crippen molar-refractivity contribution in [1.29, 1.82) is 0 Å². The van der Waals surface area contributed by atoms with Gasteiger partial charge in [0.15, 0.2) is 0 Å². The second-order valence-corrected chi connectivity index (χ2v) is 5.04. The Bertz CT molecular complexity index is 406. The third-order valence-electron chi connectivity index (χ3n) is 3.55. The van der Waals surface area contributed by atoms with Gasteiger partial charge in [-0.2, -0.15) is 0 Å². The van der Waals surface area contributed by atoms with E-state index in [1.54, 1.807) is 0 Å². The van der Waals surface area contributed by atoms with Gasteiger partial charge in [-0.1, -0.05) is 0 Å². The van der Waals surface area contributed by atoms with E-state index in [-0.39, 0.29) is 6.61 Å². The third kappa shape index (κ3) is 3.56. The van der Waals surface area contributed by atoms with Crippen molar-refractivity contribution in [3.63, 3.8) is 0 Å². The molecule has 1 aromatic rings. The van der Waals surface area contributed by atoms with Gasteiger partial charge in [0, 0.05) is 31.8 Å². The summed E-state index contributed by atoms with van der Waals surface area (Å²) in [7, 11) is 0. The second-order valence-electron chi connectivity index (χ2n) is 5.04. The van der Waals surface area contributed by atoms with Gasteiger partial charge in [-0.15, -0.1) is 0 Å². The fourth-order valence-corrected chi connectivity index (χ4v) is 2.39. The lowest BCUT2D eigenvalue weighted by atomic mass is 9.91. The van der Waals surface area contributed by atoms with Crippen LogP contribution in [0.2, 0.25) is 0 Å². The maximum absolute atomic E-state index is 9.06. The molecule has 19 heavy (non-hydrogen) atoms. The third-order valence-corrected chi connectivity index (χ3v) is 3.55. The van der Waals surface area contributed by atoms with Crippen molar-refractivity contribution in [3.05, 3.63) is 11.9 Å². The molecule has 0 amide bonds. The molecule has 0 saturated heterocycles. The van der Waals surface area contributed by atoms with Gasteiger partial charge in [-0.3, -0.25) is 0 Å². The summed E-state index contributed by atoms with van der Waals surface area (Å²) in [6.45, 7) is 5.94. The normalized spacial score (nSPS) is 15.1. The molecule has 0 atom stereocenters. The zero-order valence-corrected chi connectivity index (χ0v) is 11.9. The largest absolute Gasteiger partial charge is 0.396 e. The van der Waals surface area contributed by atoms with Crippen LogP contribution in [0.5, 0.6) is 0 Å². The predicted octanol–water partition coefficient (Wildman–Crippen LogP) is 1.96. The molecule has 5 nitrogen and oxygen atoms in total. The fraction of sp³-hybridized carbons (Fsp3) is 0.714.